The molecule has 0 aliphatic carbocycles. The highest BCUT2D eigenvalue weighted by Crippen LogP contribution is 2.36. The average Bonchev–Trinajstić information content (AvgIpc) is 2.76. The van der Waals surface area contributed by atoms with Crippen LogP contribution in [-0.2, 0) is 4.74 Å². The van der Waals surface area contributed by atoms with Crippen molar-refractivity contribution in [2.24, 2.45) is 0 Å². The van der Waals surface area contributed by atoms with Crippen molar-refractivity contribution in [1.82, 2.24) is 14.9 Å². The zero-order valence-corrected chi connectivity index (χ0v) is 21.1. The summed E-state index contributed by atoms with van der Waals surface area (Å²) in [6.07, 6.45) is 0.451. The predicted octanol–water partition coefficient (Wildman–Crippen LogP) is 3.77. The first-order valence-corrected chi connectivity index (χ1v) is 11.6. The number of piperazine rings is 1. The number of nitrogens with zero attached hydrogens (tertiary/aromatic N) is 5. The maximum Gasteiger partial charge on any atom is 0.410 e. The Balaban J connectivity index is 1.91. The van der Waals surface area contributed by atoms with E-state index in [0.29, 0.717) is 56.1 Å². The summed E-state index contributed by atoms with van der Waals surface area (Å²) in [5.74, 6) is 3.18. The van der Waals surface area contributed by atoms with Crippen LogP contribution in [-0.4, -0.2) is 86.4 Å². The molecule has 1 aromatic heterocycles. The van der Waals surface area contributed by atoms with E-state index >= 15 is 0 Å². The van der Waals surface area contributed by atoms with Gasteiger partial charge in [-0.05, 0) is 33.3 Å². The molecule has 0 N–H and O–H groups in total. The fourth-order valence-electron chi connectivity index (χ4n) is 3.49. The molecule has 3 rings (SSSR count). The van der Waals surface area contributed by atoms with Gasteiger partial charge in [-0.3, -0.25) is 0 Å². The number of rotatable bonds is 7. The summed E-state index contributed by atoms with van der Waals surface area (Å²) in [6.45, 7) is 8.48. The molecule has 182 valence electrons. The Morgan fingerprint density at radius 3 is 2.39 bits per heavy atom. The smallest absolute Gasteiger partial charge is 0.410 e. The minimum absolute atomic E-state index is 0.288. The van der Waals surface area contributed by atoms with Crippen molar-refractivity contribution in [2.75, 3.05) is 69.7 Å². The summed E-state index contributed by atoms with van der Waals surface area (Å²) in [7, 11) is 5.43. The third-order valence-electron chi connectivity index (χ3n) is 5.12. The number of alkyl halides is 1. The van der Waals surface area contributed by atoms with E-state index in [9.17, 15) is 4.79 Å². The van der Waals surface area contributed by atoms with Crippen LogP contribution in [0.3, 0.4) is 0 Å². The van der Waals surface area contributed by atoms with Crippen LogP contribution in [0.5, 0.6) is 11.5 Å². The highest BCUT2D eigenvalue weighted by molar-refractivity contribution is 6.17. The normalized spacial score (nSPS) is 14.4. The standard InChI is InChI=1S/C23H34ClN5O4/c1-23(2,3)33-22(30)29-11-9-28(10-12-29)20-16-14-18(31-6)19(32-13-7-8-24)15-17(16)25-21(26-20)27(4)5/h14-15H,7-13H2,1-6H3. The van der Waals surface area contributed by atoms with Gasteiger partial charge in [0, 0.05) is 57.6 Å². The summed E-state index contributed by atoms with van der Waals surface area (Å²) < 4.78 is 17.0. The fraction of sp³-hybridized carbons (Fsp3) is 0.609. The molecule has 1 saturated heterocycles. The molecule has 1 amide bonds. The summed E-state index contributed by atoms with van der Waals surface area (Å²) in [5.41, 5.74) is 0.248. The van der Waals surface area contributed by atoms with Gasteiger partial charge in [0.2, 0.25) is 5.95 Å². The Bertz CT molecular complexity index is 971. The van der Waals surface area contributed by atoms with E-state index in [2.05, 4.69) is 4.90 Å². The van der Waals surface area contributed by atoms with Gasteiger partial charge in [-0.2, -0.15) is 4.98 Å². The number of halogens is 1. The molecular formula is C23H34ClN5O4. The highest BCUT2D eigenvalue weighted by atomic mass is 35.5. The third-order valence-corrected chi connectivity index (χ3v) is 5.38. The Labute approximate surface area is 200 Å². The Hall–Kier alpha value is -2.68. The number of amides is 1. The molecule has 0 spiro atoms. The number of anilines is 2. The van der Waals surface area contributed by atoms with Crippen LogP contribution in [0.4, 0.5) is 16.6 Å². The molecule has 10 heteroatoms. The van der Waals surface area contributed by atoms with Gasteiger partial charge in [-0.25, -0.2) is 9.78 Å². The summed E-state index contributed by atoms with van der Waals surface area (Å²) in [4.78, 5) is 27.8. The lowest BCUT2D eigenvalue weighted by atomic mass is 10.1. The Kier molecular flexibility index (Phi) is 7.94. The average molecular weight is 480 g/mol. The SMILES string of the molecule is COc1cc2c(N3CCN(C(=O)OC(C)(C)C)CC3)nc(N(C)C)nc2cc1OCCCCl. The van der Waals surface area contributed by atoms with E-state index in [1.54, 1.807) is 12.0 Å². The van der Waals surface area contributed by atoms with E-state index < -0.39 is 5.60 Å². The molecule has 0 radical (unpaired) electrons. The number of ether oxygens (including phenoxy) is 3. The van der Waals surface area contributed by atoms with Crippen LogP contribution in [0.25, 0.3) is 10.9 Å². The van der Waals surface area contributed by atoms with Crippen LogP contribution >= 0.6 is 11.6 Å². The maximum absolute atomic E-state index is 12.5. The van der Waals surface area contributed by atoms with E-state index in [-0.39, 0.29) is 6.09 Å². The molecule has 0 saturated carbocycles. The quantitative estimate of drug-likeness (QED) is 0.438. The molecule has 0 unspecified atom stereocenters. The molecule has 9 nitrogen and oxygen atoms in total. The van der Waals surface area contributed by atoms with Gasteiger partial charge >= 0.3 is 6.09 Å². The minimum atomic E-state index is -0.516. The van der Waals surface area contributed by atoms with Gasteiger partial charge in [-0.15, -0.1) is 11.6 Å². The topological polar surface area (TPSA) is 80.3 Å². The molecule has 1 fully saturated rings. The third kappa shape index (κ3) is 6.22. The second-order valence-corrected chi connectivity index (χ2v) is 9.49. The first kappa shape index (κ1) is 25.0. The van der Waals surface area contributed by atoms with Crippen LogP contribution < -0.4 is 19.3 Å². The largest absolute Gasteiger partial charge is 0.493 e. The van der Waals surface area contributed by atoms with Gasteiger partial charge in [-0.1, -0.05) is 0 Å². The van der Waals surface area contributed by atoms with Gasteiger partial charge in [0.15, 0.2) is 11.5 Å². The zero-order chi connectivity index (χ0) is 24.2. The molecular weight excluding hydrogens is 446 g/mol. The number of carbonyl (C=O) groups is 1. The lowest BCUT2D eigenvalue weighted by Crippen LogP contribution is -2.50. The van der Waals surface area contributed by atoms with E-state index in [4.69, 9.17) is 35.8 Å². The minimum Gasteiger partial charge on any atom is -0.493 e. The second kappa shape index (κ2) is 10.5. The number of carbonyl (C=O) groups excluding carboxylic acids is 1. The summed E-state index contributed by atoms with van der Waals surface area (Å²) in [6, 6.07) is 3.80. The predicted molar refractivity (Wildman–Crippen MR) is 131 cm³/mol. The van der Waals surface area contributed by atoms with E-state index in [1.165, 1.54) is 0 Å². The molecule has 0 bridgehead atoms. The molecule has 1 aliphatic rings. The van der Waals surface area contributed by atoms with E-state index in [1.807, 2.05) is 51.9 Å². The lowest BCUT2D eigenvalue weighted by Gasteiger charge is -2.36. The number of hydrogen-bond donors (Lipinski definition) is 0. The Morgan fingerprint density at radius 2 is 1.82 bits per heavy atom. The maximum atomic E-state index is 12.5. The fourth-order valence-corrected chi connectivity index (χ4v) is 3.59. The van der Waals surface area contributed by atoms with E-state index in [0.717, 1.165) is 23.1 Å². The van der Waals surface area contributed by atoms with Crippen molar-refractivity contribution in [3.63, 3.8) is 0 Å². The number of fused-ring (bicyclic) bond motifs is 1. The van der Waals surface area contributed by atoms with Crippen LogP contribution in [0.2, 0.25) is 0 Å². The summed E-state index contributed by atoms with van der Waals surface area (Å²) >= 11 is 5.78. The number of benzene rings is 1. The van der Waals surface area contributed by atoms with Crippen molar-refractivity contribution in [3.05, 3.63) is 12.1 Å². The monoisotopic (exact) mass is 479 g/mol. The van der Waals surface area contributed by atoms with Gasteiger partial charge in [0.05, 0.1) is 19.2 Å². The Morgan fingerprint density at radius 1 is 1.12 bits per heavy atom. The van der Waals surface area contributed by atoms with Gasteiger partial charge in [0.1, 0.15) is 11.4 Å². The van der Waals surface area contributed by atoms with Gasteiger partial charge in [0.25, 0.3) is 0 Å². The van der Waals surface area contributed by atoms with Crippen molar-refractivity contribution >= 4 is 40.4 Å². The lowest BCUT2D eigenvalue weighted by molar-refractivity contribution is 0.0240. The molecule has 33 heavy (non-hydrogen) atoms. The van der Waals surface area contributed by atoms with Gasteiger partial charge < -0.3 is 28.9 Å². The van der Waals surface area contributed by atoms with Crippen LogP contribution in [0.15, 0.2) is 12.1 Å². The first-order valence-electron chi connectivity index (χ1n) is 11.1. The number of hydrogen-bond acceptors (Lipinski definition) is 8. The summed E-state index contributed by atoms with van der Waals surface area (Å²) in [5, 5.41) is 0.868. The highest BCUT2D eigenvalue weighted by Gasteiger charge is 2.28. The molecule has 2 aromatic rings. The van der Waals surface area contributed by atoms with Crippen molar-refractivity contribution in [2.45, 2.75) is 32.8 Å². The molecule has 1 aliphatic heterocycles. The van der Waals surface area contributed by atoms with Crippen molar-refractivity contribution in [1.29, 1.82) is 0 Å². The van der Waals surface area contributed by atoms with Crippen LogP contribution in [0.1, 0.15) is 27.2 Å². The number of methoxy groups -OCH3 is 1. The molecule has 1 aromatic carbocycles. The molecule has 0 atom stereocenters. The van der Waals surface area contributed by atoms with Crippen molar-refractivity contribution < 1.29 is 19.0 Å². The molecule has 2 heterocycles. The first-order chi connectivity index (χ1) is 15.6. The zero-order valence-electron chi connectivity index (χ0n) is 20.4. The number of aromatic nitrogens is 2. The van der Waals surface area contributed by atoms with Crippen molar-refractivity contribution in [3.8, 4) is 11.5 Å². The second-order valence-electron chi connectivity index (χ2n) is 9.11. The van der Waals surface area contributed by atoms with Crippen LogP contribution in [0, 0.1) is 0 Å².